The Morgan fingerprint density at radius 2 is 2.36 bits per heavy atom. The predicted molar refractivity (Wildman–Crippen MR) is 63.1 cm³/mol. The number of aromatic nitrogens is 1. The highest BCUT2D eigenvalue weighted by Gasteiger charge is 2.00. The van der Waals surface area contributed by atoms with Crippen molar-refractivity contribution in [1.82, 2.24) is 4.98 Å². The zero-order valence-corrected chi connectivity index (χ0v) is 9.47. The molecule has 0 amide bonds. The Morgan fingerprint density at radius 3 is 2.86 bits per heavy atom. The molecule has 0 radical (unpaired) electrons. The second-order valence-electron chi connectivity index (χ2n) is 3.23. The summed E-state index contributed by atoms with van der Waals surface area (Å²) in [5.41, 5.74) is 3.76. The molecule has 0 aromatic carbocycles. The van der Waals surface area contributed by atoms with E-state index in [1.807, 2.05) is 24.0 Å². The third-order valence-electron chi connectivity index (χ3n) is 2.08. The number of nitrogens with zero attached hydrogens (tertiary/aromatic N) is 1. The monoisotopic (exact) mass is 211 g/mol. The minimum atomic E-state index is 0.710. The van der Waals surface area contributed by atoms with Crippen molar-refractivity contribution in [2.24, 2.45) is 5.84 Å². The fraction of sp³-hybridized carbons (Fsp3) is 0.500. The minimum absolute atomic E-state index is 0.710. The van der Waals surface area contributed by atoms with E-state index in [0.717, 1.165) is 5.75 Å². The summed E-state index contributed by atoms with van der Waals surface area (Å²) in [6, 6.07) is 3.95. The molecule has 0 spiro atoms. The Balaban J connectivity index is 2.43. The minimum Gasteiger partial charge on any atom is -0.308 e. The third-order valence-corrected chi connectivity index (χ3v) is 3.48. The average Bonchev–Trinajstić information content (AvgIpc) is 2.26. The van der Waals surface area contributed by atoms with E-state index in [1.165, 1.54) is 12.0 Å². The van der Waals surface area contributed by atoms with Crippen molar-refractivity contribution in [2.45, 2.75) is 31.3 Å². The number of nitrogen functional groups attached to an aromatic ring is 1. The molecule has 3 N–H and O–H groups in total. The number of hydrazine groups is 1. The fourth-order valence-corrected chi connectivity index (χ4v) is 1.84. The second kappa shape index (κ2) is 5.88. The highest BCUT2D eigenvalue weighted by atomic mass is 32.2. The van der Waals surface area contributed by atoms with Crippen molar-refractivity contribution in [3.05, 3.63) is 23.9 Å². The number of anilines is 1. The number of thioether (sulfide) groups is 1. The zero-order chi connectivity index (χ0) is 10.4. The van der Waals surface area contributed by atoms with Crippen LogP contribution >= 0.6 is 11.8 Å². The molecule has 0 bridgehead atoms. The van der Waals surface area contributed by atoms with Crippen LogP contribution in [0.15, 0.2) is 18.3 Å². The van der Waals surface area contributed by atoms with E-state index < -0.39 is 0 Å². The van der Waals surface area contributed by atoms with E-state index in [1.54, 1.807) is 0 Å². The van der Waals surface area contributed by atoms with Gasteiger partial charge in [0.05, 0.1) is 0 Å². The molecule has 1 rings (SSSR count). The van der Waals surface area contributed by atoms with Crippen LogP contribution in [0.4, 0.5) is 5.82 Å². The van der Waals surface area contributed by atoms with Gasteiger partial charge in [0.1, 0.15) is 5.82 Å². The first-order chi connectivity index (χ1) is 6.76. The summed E-state index contributed by atoms with van der Waals surface area (Å²) in [6.45, 7) is 4.45. The molecule has 0 aliphatic rings. The van der Waals surface area contributed by atoms with Crippen LogP contribution in [0, 0.1) is 0 Å². The molecule has 0 aliphatic carbocycles. The SMILES string of the molecule is CCC(C)SCc1ccc(NN)nc1. The van der Waals surface area contributed by atoms with Crippen molar-refractivity contribution in [2.75, 3.05) is 5.43 Å². The lowest BCUT2D eigenvalue weighted by atomic mass is 10.3. The maximum absolute atomic E-state index is 5.23. The summed E-state index contributed by atoms with van der Waals surface area (Å²) >= 11 is 1.95. The number of hydrogen-bond acceptors (Lipinski definition) is 4. The second-order valence-corrected chi connectivity index (χ2v) is 4.65. The first-order valence-corrected chi connectivity index (χ1v) is 5.84. The molecule has 1 aromatic rings. The van der Waals surface area contributed by atoms with Gasteiger partial charge in [0.15, 0.2) is 0 Å². The summed E-state index contributed by atoms with van der Waals surface area (Å²) in [7, 11) is 0. The summed E-state index contributed by atoms with van der Waals surface area (Å²) in [6.07, 6.45) is 3.07. The maximum Gasteiger partial charge on any atom is 0.139 e. The van der Waals surface area contributed by atoms with Gasteiger partial charge in [-0.3, -0.25) is 0 Å². The number of nitrogens with one attached hydrogen (secondary N) is 1. The predicted octanol–water partition coefficient (Wildman–Crippen LogP) is 2.40. The van der Waals surface area contributed by atoms with Gasteiger partial charge in [-0.15, -0.1) is 0 Å². The van der Waals surface area contributed by atoms with E-state index in [9.17, 15) is 0 Å². The first kappa shape index (κ1) is 11.3. The Kier molecular flexibility index (Phi) is 4.76. The van der Waals surface area contributed by atoms with Crippen molar-refractivity contribution in [3.63, 3.8) is 0 Å². The van der Waals surface area contributed by atoms with Crippen molar-refractivity contribution in [3.8, 4) is 0 Å². The molecular weight excluding hydrogens is 194 g/mol. The van der Waals surface area contributed by atoms with E-state index >= 15 is 0 Å². The number of rotatable bonds is 5. The van der Waals surface area contributed by atoms with Crippen LogP contribution in [0.5, 0.6) is 0 Å². The lowest BCUT2D eigenvalue weighted by Gasteiger charge is -2.07. The third kappa shape index (κ3) is 3.55. The van der Waals surface area contributed by atoms with Gasteiger partial charge in [-0.1, -0.05) is 19.9 Å². The summed E-state index contributed by atoms with van der Waals surface area (Å²) < 4.78 is 0. The van der Waals surface area contributed by atoms with Crippen molar-refractivity contribution in [1.29, 1.82) is 0 Å². The van der Waals surface area contributed by atoms with E-state index in [-0.39, 0.29) is 0 Å². The number of nitrogens with two attached hydrogens (primary N) is 1. The largest absolute Gasteiger partial charge is 0.308 e. The average molecular weight is 211 g/mol. The molecule has 0 saturated heterocycles. The number of pyridine rings is 1. The van der Waals surface area contributed by atoms with Gasteiger partial charge in [0, 0.05) is 17.2 Å². The van der Waals surface area contributed by atoms with Gasteiger partial charge in [-0.25, -0.2) is 10.8 Å². The van der Waals surface area contributed by atoms with Gasteiger partial charge in [0.25, 0.3) is 0 Å². The van der Waals surface area contributed by atoms with Gasteiger partial charge >= 0.3 is 0 Å². The van der Waals surface area contributed by atoms with Crippen LogP contribution in [0.1, 0.15) is 25.8 Å². The molecule has 78 valence electrons. The van der Waals surface area contributed by atoms with Gasteiger partial charge in [-0.05, 0) is 18.1 Å². The maximum atomic E-state index is 5.23. The molecule has 4 heteroatoms. The molecule has 3 nitrogen and oxygen atoms in total. The molecule has 1 aromatic heterocycles. The van der Waals surface area contributed by atoms with E-state index in [0.29, 0.717) is 11.1 Å². The summed E-state index contributed by atoms with van der Waals surface area (Å²) in [4.78, 5) is 4.15. The first-order valence-electron chi connectivity index (χ1n) is 4.79. The standard InChI is InChI=1S/C10H17N3S/c1-3-8(2)14-7-9-4-5-10(13-11)12-6-9/h4-6,8H,3,7,11H2,1-2H3,(H,12,13). The molecular formula is C10H17N3S. The Labute approximate surface area is 89.5 Å². The van der Waals surface area contributed by atoms with Crippen LogP contribution in [0.3, 0.4) is 0 Å². The highest BCUT2D eigenvalue weighted by molar-refractivity contribution is 7.99. The molecule has 1 atom stereocenters. The Bertz CT molecular complexity index is 261. The van der Waals surface area contributed by atoms with Crippen LogP contribution < -0.4 is 11.3 Å². The number of hydrogen-bond donors (Lipinski definition) is 2. The van der Waals surface area contributed by atoms with Crippen molar-refractivity contribution >= 4 is 17.6 Å². The molecule has 0 aliphatic heterocycles. The lowest BCUT2D eigenvalue weighted by molar-refractivity contribution is 0.905. The Morgan fingerprint density at radius 1 is 1.57 bits per heavy atom. The lowest BCUT2D eigenvalue weighted by Crippen LogP contribution is -2.08. The van der Waals surface area contributed by atoms with Gasteiger partial charge in [0.2, 0.25) is 0 Å². The van der Waals surface area contributed by atoms with E-state index in [4.69, 9.17) is 5.84 Å². The zero-order valence-electron chi connectivity index (χ0n) is 8.66. The van der Waals surface area contributed by atoms with Crippen LogP contribution in [0.25, 0.3) is 0 Å². The molecule has 1 heterocycles. The molecule has 1 unspecified atom stereocenters. The van der Waals surface area contributed by atoms with Crippen LogP contribution in [-0.4, -0.2) is 10.2 Å². The highest BCUT2D eigenvalue weighted by Crippen LogP contribution is 2.19. The van der Waals surface area contributed by atoms with Gasteiger partial charge in [-0.2, -0.15) is 11.8 Å². The van der Waals surface area contributed by atoms with Crippen LogP contribution in [0.2, 0.25) is 0 Å². The molecule has 14 heavy (non-hydrogen) atoms. The topological polar surface area (TPSA) is 50.9 Å². The summed E-state index contributed by atoms with van der Waals surface area (Å²) in [5.74, 6) is 6.96. The van der Waals surface area contributed by atoms with Gasteiger partial charge < -0.3 is 5.43 Å². The summed E-state index contributed by atoms with van der Waals surface area (Å²) in [5, 5.41) is 0.710. The smallest absolute Gasteiger partial charge is 0.139 e. The Hall–Kier alpha value is -0.740. The van der Waals surface area contributed by atoms with Crippen LogP contribution in [-0.2, 0) is 5.75 Å². The van der Waals surface area contributed by atoms with E-state index in [2.05, 4.69) is 30.3 Å². The normalized spacial score (nSPS) is 12.5. The van der Waals surface area contributed by atoms with Crippen molar-refractivity contribution < 1.29 is 0 Å². The quantitative estimate of drug-likeness (QED) is 0.580. The fourth-order valence-electron chi connectivity index (χ4n) is 0.952. The molecule has 0 saturated carbocycles. The molecule has 0 fully saturated rings.